The standard InChI is InChI=1S/C64H43N/c1-4-21-43(22-5-1)50-30-12-13-32-52(50)45-39-56-54-34-16-17-36-57(54)64(47-26-8-3-9-27-47)59-38-19-18-37-58(59)63(60(40-45)62(56)64,46-24-6-2-7-25-46)48-28-20-29-49(42-48)65-61-41-44-23-10-11-31-51(44)53-33-14-15-35-55(53)61/h1-42,65H. The molecule has 2 atom stereocenters. The molecule has 0 aliphatic heterocycles. The Balaban J connectivity index is 1.15. The van der Waals surface area contributed by atoms with Gasteiger partial charge in [0, 0.05) is 16.8 Å². The minimum atomic E-state index is -0.719. The molecule has 0 aromatic heterocycles. The molecule has 0 saturated carbocycles. The molecule has 0 radical (unpaired) electrons. The minimum Gasteiger partial charge on any atom is -0.355 e. The molecular weight excluding hydrogens is 783 g/mol. The lowest BCUT2D eigenvalue weighted by atomic mass is 9.51. The van der Waals surface area contributed by atoms with E-state index in [9.17, 15) is 0 Å². The molecule has 11 aromatic rings. The predicted octanol–water partition coefficient (Wildman–Crippen LogP) is 16.1. The van der Waals surface area contributed by atoms with Gasteiger partial charge >= 0.3 is 0 Å². The smallest absolute Gasteiger partial charge is 0.0720 e. The Morgan fingerprint density at radius 3 is 1.52 bits per heavy atom. The van der Waals surface area contributed by atoms with Gasteiger partial charge in [0.15, 0.2) is 0 Å². The molecule has 2 aliphatic rings. The van der Waals surface area contributed by atoms with Crippen molar-refractivity contribution in [1.29, 1.82) is 0 Å². The van der Waals surface area contributed by atoms with Crippen molar-refractivity contribution in [3.8, 4) is 33.4 Å². The van der Waals surface area contributed by atoms with E-state index >= 15 is 0 Å². The quantitative estimate of drug-likeness (QED) is 0.158. The van der Waals surface area contributed by atoms with Crippen LogP contribution in [-0.4, -0.2) is 0 Å². The van der Waals surface area contributed by atoms with Crippen LogP contribution in [-0.2, 0) is 10.8 Å². The minimum absolute atomic E-state index is 0.561. The van der Waals surface area contributed by atoms with E-state index in [-0.39, 0.29) is 0 Å². The third-order valence-electron chi connectivity index (χ3n) is 14.4. The van der Waals surface area contributed by atoms with Crippen molar-refractivity contribution >= 4 is 32.9 Å². The van der Waals surface area contributed by atoms with Crippen LogP contribution in [0.1, 0.15) is 44.5 Å². The number of nitrogens with one attached hydrogen (secondary N) is 1. The Bertz CT molecular complexity index is 3630. The highest BCUT2D eigenvalue weighted by atomic mass is 14.9. The summed E-state index contributed by atoms with van der Waals surface area (Å²) in [5.41, 5.74) is 18.5. The Morgan fingerprint density at radius 1 is 0.277 bits per heavy atom. The van der Waals surface area contributed by atoms with E-state index in [0.717, 1.165) is 11.4 Å². The van der Waals surface area contributed by atoms with Crippen LogP contribution in [0.3, 0.4) is 0 Å². The molecular formula is C64H43N. The highest BCUT2D eigenvalue weighted by Crippen LogP contribution is 2.66. The van der Waals surface area contributed by atoms with E-state index in [1.807, 2.05) is 0 Å². The van der Waals surface area contributed by atoms with Crippen molar-refractivity contribution in [2.24, 2.45) is 0 Å². The maximum atomic E-state index is 3.98. The summed E-state index contributed by atoms with van der Waals surface area (Å²) in [6.07, 6.45) is 0. The molecule has 0 spiro atoms. The van der Waals surface area contributed by atoms with Crippen molar-refractivity contribution in [2.45, 2.75) is 10.8 Å². The van der Waals surface area contributed by atoms with Crippen molar-refractivity contribution in [3.05, 3.63) is 299 Å². The van der Waals surface area contributed by atoms with Crippen LogP contribution in [0.15, 0.2) is 255 Å². The van der Waals surface area contributed by atoms with E-state index in [0.29, 0.717) is 0 Å². The van der Waals surface area contributed by atoms with E-state index in [1.54, 1.807) is 0 Å². The average molecular weight is 826 g/mol. The summed E-state index contributed by atoms with van der Waals surface area (Å²) in [7, 11) is 0. The fraction of sp³-hybridized carbons (Fsp3) is 0.0312. The Morgan fingerprint density at radius 2 is 0.800 bits per heavy atom. The van der Waals surface area contributed by atoms with Crippen molar-refractivity contribution < 1.29 is 0 Å². The van der Waals surface area contributed by atoms with Gasteiger partial charge in [-0.1, -0.05) is 224 Å². The van der Waals surface area contributed by atoms with Gasteiger partial charge in [-0.05, 0) is 124 Å². The number of rotatable bonds is 7. The molecule has 0 amide bonds. The van der Waals surface area contributed by atoms with Gasteiger partial charge in [-0.2, -0.15) is 0 Å². The molecule has 13 rings (SSSR count). The molecule has 0 bridgehead atoms. The number of hydrogen-bond donors (Lipinski definition) is 1. The maximum absolute atomic E-state index is 3.98. The molecule has 2 aliphatic carbocycles. The zero-order chi connectivity index (χ0) is 43.0. The molecule has 11 aromatic carbocycles. The second-order valence-electron chi connectivity index (χ2n) is 17.6. The van der Waals surface area contributed by atoms with Gasteiger partial charge < -0.3 is 5.32 Å². The number of fused-ring (bicyclic) bond motifs is 8. The number of benzene rings is 11. The summed E-state index contributed by atoms with van der Waals surface area (Å²) in [6.45, 7) is 0. The van der Waals surface area contributed by atoms with Gasteiger partial charge in [-0.25, -0.2) is 0 Å². The summed E-state index contributed by atoms with van der Waals surface area (Å²) in [5.74, 6) is 0. The molecule has 1 heteroatoms. The van der Waals surface area contributed by atoms with Crippen molar-refractivity contribution in [3.63, 3.8) is 0 Å². The number of anilines is 2. The summed E-state index contributed by atoms with van der Waals surface area (Å²) in [4.78, 5) is 0. The summed E-state index contributed by atoms with van der Waals surface area (Å²) in [5, 5.41) is 8.89. The van der Waals surface area contributed by atoms with E-state index in [1.165, 1.54) is 99.4 Å². The van der Waals surface area contributed by atoms with Crippen LogP contribution < -0.4 is 5.32 Å². The molecule has 304 valence electrons. The number of hydrogen-bond acceptors (Lipinski definition) is 1. The third kappa shape index (κ3) is 5.39. The third-order valence-corrected chi connectivity index (χ3v) is 14.4. The molecule has 65 heavy (non-hydrogen) atoms. The van der Waals surface area contributed by atoms with E-state index in [2.05, 4.69) is 260 Å². The first-order valence-corrected chi connectivity index (χ1v) is 22.7. The highest BCUT2D eigenvalue weighted by Gasteiger charge is 2.57. The van der Waals surface area contributed by atoms with Gasteiger partial charge in [0.2, 0.25) is 0 Å². The first kappa shape index (κ1) is 37.3. The fourth-order valence-electron chi connectivity index (χ4n) is 11.8. The van der Waals surface area contributed by atoms with Gasteiger partial charge in [-0.3, -0.25) is 0 Å². The van der Waals surface area contributed by atoms with E-state index < -0.39 is 10.8 Å². The van der Waals surface area contributed by atoms with Crippen LogP contribution in [0, 0.1) is 0 Å². The van der Waals surface area contributed by atoms with Crippen molar-refractivity contribution in [2.75, 3.05) is 5.32 Å². The maximum Gasteiger partial charge on any atom is 0.0720 e. The Hall–Kier alpha value is -8.26. The second-order valence-corrected chi connectivity index (χ2v) is 17.6. The molecule has 0 heterocycles. The monoisotopic (exact) mass is 825 g/mol. The van der Waals surface area contributed by atoms with Crippen molar-refractivity contribution in [1.82, 2.24) is 0 Å². The first-order chi connectivity index (χ1) is 32.2. The van der Waals surface area contributed by atoms with Gasteiger partial charge in [0.1, 0.15) is 0 Å². The normalized spacial score (nSPS) is 16.7. The fourth-order valence-corrected chi connectivity index (χ4v) is 11.8. The van der Waals surface area contributed by atoms with Crippen LogP contribution in [0.25, 0.3) is 54.9 Å². The van der Waals surface area contributed by atoms with Crippen LogP contribution in [0.4, 0.5) is 11.4 Å². The van der Waals surface area contributed by atoms with Gasteiger partial charge in [0.05, 0.1) is 10.8 Å². The molecule has 2 unspecified atom stereocenters. The Labute approximate surface area is 380 Å². The lowest BCUT2D eigenvalue weighted by Gasteiger charge is -2.49. The van der Waals surface area contributed by atoms with Gasteiger partial charge in [0.25, 0.3) is 0 Å². The van der Waals surface area contributed by atoms with Gasteiger partial charge in [-0.15, -0.1) is 0 Å². The second kappa shape index (κ2) is 14.7. The summed E-state index contributed by atoms with van der Waals surface area (Å²) in [6, 6.07) is 94.9. The summed E-state index contributed by atoms with van der Waals surface area (Å²) >= 11 is 0. The average Bonchev–Trinajstić information content (AvgIpc) is 3.69. The van der Waals surface area contributed by atoms with Crippen LogP contribution >= 0.6 is 0 Å². The predicted molar refractivity (Wildman–Crippen MR) is 271 cm³/mol. The van der Waals surface area contributed by atoms with E-state index in [4.69, 9.17) is 0 Å². The lowest BCUT2D eigenvalue weighted by Crippen LogP contribution is -2.44. The molecule has 1 nitrogen and oxygen atoms in total. The Kier molecular flexibility index (Phi) is 8.41. The molecule has 0 saturated heterocycles. The van der Waals surface area contributed by atoms with Crippen LogP contribution in [0.5, 0.6) is 0 Å². The lowest BCUT2D eigenvalue weighted by molar-refractivity contribution is 0.627. The highest BCUT2D eigenvalue weighted by molar-refractivity contribution is 6.13. The first-order valence-electron chi connectivity index (χ1n) is 22.7. The summed E-state index contributed by atoms with van der Waals surface area (Å²) < 4.78 is 0. The zero-order valence-electron chi connectivity index (χ0n) is 35.7. The molecule has 1 N–H and O–H groups in total. The zero-order valence-corrected chi connectivity index (χ0v) is 35.7. The topological polar surface area (TPSA) is 12.0 Å². The largest absolute Gasteiger partial charge is 0.355 e. The SMILES string of the molecule is c1ccc(-c2ccccc2-c2cc3c4c(c2)C(c2ccccc2)(c2cccc(Nc5cc6ccccc6c6ccccc56)c2)c2ccccc2C4(c2ccccc2)c2ccccc2-3)cc1. The molecule has 0 fully saturated rings. The van der Waals surface area contributed by atoms with Crippen LogP contribution in [0.2, 0.25) is 0 Å².